The molecule has 1 aliphatic heterocycles. The van der Waals surface area contributed by atoms with Gasteiger partial charge in [0.25, 0.3) is 0 Å². The maximum Gasteiger partial charge on any atom is 0.361 e. The molecule has 0 spiro atoms. The summed E-state index contributed by atoms with van der Waals surface area (Å²) in [5, 5.41) is 8.29. The molecule has 23 heavy (non-hydrogen) atoms. The lowest BCUT2D eigenvalue weighted by atomic mass is 10.0. The highest BCUT2D eigenvalue weighted by Gasteiger charge is 2.25. The average molecular weight is 312 g/mol. The van der Waals surface area contributed by atoms with Crippen LogP contribution in [0.25, 0.3) is 11.3 Å². The number of esters is 1. The predicted molar refractivity (Wildman–Crippen MR) is 87.2 cm³/mol. The van der Waals surface area contributed by atoms with E-state index >= 15 is 0 Å². The molecule has 120 valence electrons. The zero-order chi connectivity index (χ0) is 16.2. The predicted octanol–water partition coefficient (Wildman–Crippen LogP) is 2.51. The summed E-state index contributed by atoms with van der Waals surface area (Å²) in [6.07, 6.45) is 3.98. The fourth-order valence-electron chi connectivity index (χ4n) is 2.75. The molecule has 0 bridgehead atoms. The van der Waals surface area contributed by atoms with Gasteiger partial charge in [-0.3, -0.25) is 0 Å². The second kappa shape index (κ2) is 6.64. The van der Waals surface area contributed by atoms with Crippen molar-refractivity contribution in [3.8, 4) is 5.69 Å². The summed E-state index contributed by atoms with van der Waals surface area (Å²) in [5.74, 6) is -0.432. The van der Waals surface area contributed by atoms with E-state index in [9.17, 15) is 4.79 Å². The number of ether oxygens (including phenoxy) is 1. The smallest absolute Gasteiger partial charge is 0.361 e. The number of para-hydroxylation sites is 1. The maximum atomic E-state index is 12.3. The Kier molecular flexibility index (Phi) is 4.41. The molecule has 0 aliphatic carbocycles. The molecule has 0 unspecified atom stereocenters. The average Bonchev–Trinajstić information content (AvgIpc) is 3.01. The van der Waals surface area contributed by atoms with Gasteiger partial charge < -0.3 is 9.64 Å². The fraction of sp³-hybridized carbons (Fsp3) is 0.353. The van der Waals surface area contributed by atoms with Crippen LogP contribution in [0, 0.1) is 0 Å². The molecule has 0 atom stereocenters. The third-order valence-electron chi connectivity index (χ3n) is 3.78. The second-order valence-corrected chi connectivity index (χ2v) is 5.49. The van der Waals surface area contributed by atoms with E-state index in [-0.39, 0.29) is 5.69 Å². The third kappa shape index (κ3) is 3.11. The van der Waals surface area contributed by atoms with Crippen molar-refractivity contribution in [1.82, 2.24) is 19.9 Å². The molecule has 1 aliphatic rings. The van der Waals surface area contributed by atoms with Crippen LogP contribution in [0.1, 0.15) is 35.9 Å². The summed E-state index contributed by atoms with van der Waals surface area (Å²) in [6.45, 7) is 3.10. The first-order valence-corrected chi connectivity index (χ1v) is 7.80. The normalized spacial score (nSPS) is 14.5. The maximum absolute atomic E-state index is 12.3. The quantitative estimate of drug-likeness (QED) is 0.812. The highest BCUT2D eigenvalue weighted by atomic mass is 16.5. The molecule has 0 saturated carbocycles. The van der Waals surface area contributed by atoms with Crippen molar-refractivity contribution in [2.24, 2.45) is 0 Å². The Morgan fingerprint density at radius 2 is 2.09 bits per heavy atom. The van der Waals surface area contributed by atoms with Crippen LogP contribution < -0.4 is 0 Å². The standard InChI is InChI=1S/C17H20N4O2/c1-3-23-17(22)15-16(13-8-7-11-20(2)12-13)21(19-18-15)14-9-5-4-6-10-14/h4-6,9-10,12H,3,7-8,11H2,1-2H3. The molecular weight excluding hydrogens is 292 g/mol. The summed E-state index contributed by atoms with van der Waals surface area (Å²) in [6, 6.07) is 9.71. The third-order valence-corrected chi connectivity index (χ3v) is 3.78. The summed E-state index contributed by atoms with van der Waals surface area (Å²) >= 11 is 0. The van der Waals surface area contributed by atoms with Crippen LogP contribution in [0.4, 0.5) is 0 Å². The molecule has 0 fully saturated rings. The number of benzene rings is 1. The topological polar surface area (TPSA) is 60.2 Å². The minimum absolute atomic E-state index is 0.275. The molecular formula is C17H20N4O2. The molecule has 0 radical (unpaired) electrons. The molecule has 1 aromatic carbocycles. The summed E-state index contributed by atoms with van der Waals surface area (Å²) < 4.78 is 6.86. The van der Waals surface area contributed by atoms with Crippen LogP contribution in [-0.2, 0) is 4.74 Å². The van der Waals surface area contributed by atoms with E-state index in [1.807, 2.05) is 37.4 Å². The van der Waals surface area contributed by atoms with Crippen LogP contribution in [-0.4, -0.2) is 46.1 Å². The van der Waals surface area contributed by atoms with Gasteiger partial charge in [-0.25, -0.2) is 9.48 Å². The van der Waals surface area contributed by atoms with Gasteiger partial charge in [0.2, 0.25) is 0 Å². The van der Waals surface area contributed by atoms with E-state index in [1.54, 1.807) is 11.6 Å². The van der Waals surface area contributed by atoms with Crippen molar-refractivity contribution in [3.63, 3.8) is 0 Å². The number of carbonyl (C=O) groups excluding carboxylic acids is 1. The zero-order valence-corrected chi connectivity index (χ0v) is 13.4. The lowest BCUT2D eigenvalue weighted by molar-refractivity contribution is 0.0519. The number of carbonyl (C=O) groups is 1. The van der Waals surface area contributed by atoms with Crippen molar-refractivity contribution in [2.75, 3.05) is 20.2 Å². The largest absolute Gasteiger partial charge is 0.461 e. The number of rotatable bonds is 4. The Hall–Kier alpha value is -2.63. The molecule has 0 N–H and O–H groups in total. The molecule has 2 heterocycles. The van der Waals surface area contributed by atoms with Gasteiger partial charge in [0.05, 0.1) is 12.3 Å². The second-order valence-electron chi connectivity index (χ2n) is 5.49. The summed E-state index contributed by atoms with van der Waals surface area (Å²) in [5.41, 5.74) is 2.92. The first-order chi connectivity index (χ1) is 11.2. The van der Waals surface area contributed by atoms with Crippen LogP contribution >= 0.6 is 0 Å². The Bertz CT molecular complexity index is 721. The Labute approximate surface area is 135 Å². The lowest BCUT2D eigenvalue weighted by Crippen LogP contribution is -2.19. The van der Waals surface area contributed by atoms with Gasteiger partial charge in [0.15, 0.2) is 5.69 Å². The Balaban J connectivity index is 2.12. The van der Waals surface area contributed by atoms with Crippen molar-refractivity contribution in [3.05, 3.63) is 47.9 Å². The monoisotopic (exact) mass is 312 g/mol. The first kappa shape index (κ1) is 15.3. The minimum atomic E-state index is -0.432. The highest BCUT2D eigenvalue weighted by molar-refractivity contribution is 5.92. The molecule has 1 aromatic heterocycles. The van der Waals surface area contributed by atoms with E-state index in [0.717, 1.165) is 36.3 Å². The summed E-state index contributed by atoms with van der Waals surface area (Å²) in [4.78, 5) is 14.4. The number of hydrogen-bond acceptors (Lipinski definition) is 5. The van der Waals surface area contributed by atoms with E-state index < -0.39 is 5.97 Å². The molecule has 6 heteroatoms. The van der Waals surface area contributed by atoms with E-state index in [1.165, 1.54) is 0 Å². The van der Waals surface area contributed by atoms with E-state index in [4.69, 9.17) is 4.74 Å². The minimum Gasteiger partial charge on any atom is -0.461 e. The van der Waals surface area contributed by atoms with Gasteiger partial charge >= 0.3 is 5.97 Å². The van der Waals surface area contributed by atoms with E-state index in [2.05, 4.69) is 21.4 Å². The molecule has 6 nitrogen and oxygen atoms in total. The van der Waals surface area contributed by atoms with Crippen LogP contribution in [0.2, 0.25) is 0 Å². The number of aromatic nitrogens is 3. The Morgan fingerprint density at radius 3 is 2.78 bits per heavy atom. The van der Waals surface area contributed by atoms with Crippen molar-refractivity contribution in [1.29, 1.82) is 0 Å². The molecule has 0 amide bonds. The number of nitrogens with zero attached hydrogens (tertiary/aromatic N) is 4. The van der Waals surface area contributed by atoms with Gasteiger partial charge in [-0.15, -0.1) is 5.10 Å². The van der Waals surface area contributed by atoms with Gasteiger partial charge in [0.1, 0.15) is 5.69 Å². The Morgan fingerprint density at radius 1 is 1.30 bits per heavy atom. The van der Waals surface area contributed by atoms with Gasteiger partial charge in [-0.1, -0.05) is 23.4 Å². The highest BCUT2D eigenvalue weighted by Crippen LogP contribution is 2.28. The van der Waals surface area contributed by atoms with Crippen molar-refractivity contribution < 1.29 is 9.53 Å². The summed E-state index contributed by atoms with van der Waals surface area (Å²) in [7, 11) is 2.03. The SMILES string of the molecule is CCOC(=O)c1nnn(-c2ccccc2)c1C1=CN(C)CCC1. The van der Waals surface area contributed by atoms with Crippen LogP contribution in [0.5, 0.6) is 0 Å². The van der Waals surface area contributed by atoms with E-state index in [0.29, 0.717) is 6.61 Å². The number of allylic oxidation sites excluding steroid dienone is 1. The fourth-order valence-corrected chi connectivity index (χ4v) is 2.75. The number of hydrogen-bond donors (Lipinski definition) is 0. The molecule has 0 saturated heterocycles. The first-order valence-electron chi connectivity index (χ1n) is 7.80. The molecule has 2 aromatic rings. The van der Waals surface area contributed by atoms with Gasteiger partial charge in [-0.05, 0) is 37.5 Å². The van der Waals surface area contributed by atoms with Gasteiger partial charge in [-0.2, -0.15) is 0 Å². The van der Waals surface area contributed by atoms with Gasteiger partial charge in [0, 0.05) is 19.8 Å². The zero-order valence-electron chi connectivity index (χ0n) is 13.4. The lowest BCUT2D eigenvalue weighted by Gasteiger charge is -2.23. The van der Waals surface area contributed by atoms with Crippen LogP contribution in [0.15, 0.2) is 36.5 Å². The van der Waals surface area contributed by atoms with Crippen LogP contribution in [0.3, 0.4) is 0 Å². The molecule has 3 rings (SSSR count). The van der Waals surface area contributed by atoms with Crippen molar-refractivity contribution in [2.45, 2.75) is 19.8 Å². The van der Waals surface area contributed by atoms with Crippen molar-refractivity contribution >= 4 is 11.5 Å².